The third-order valence-corrected chi connectivity index (χ3v) is 3.59. The Morgan fingerprint density at radius 3 is 2.50 bits per heavy atom. The summed E-state index contributed by atoms with van der Waals surface area (Å²) in [7, 11) is 0. The van der Waals surface area contributed by atoms with Crippen molar-refractivity contribution >= 4 is 35.3 Å². The zero-order valence-corrected chi connectivity index (χ0v) is 14.3. The van der Waals surface area contributed by atoms with Gasteiger partial charge < -0.3 is 5.32 Å². The van der Waals surface area contributed by atoms with Crippen molar-refractivity contribution in [2.75, 3.05) is 6.54 Å². The van der Waals surface area contributed by atoms with Crippen LogP contribution in [-0.4, -0.2) is 29.5 Å². The number of hydrogen-bond acceptors (Lipinski definition) is 5. The van der Waals surface area contributed by atoms with Crippen LogP contribution in [0.25, 0.3) is 0 Å². The van der Waals surface area contributed by atoms with Gasteiger partial charge in [-0.25, -0.2) is 5.43 Å². The van der Waals surface area contributed by atoms with Gasteiger partial charge in [-0.1, -0.05) is 23.7 Å². The molecule has 0 aromatic heterocycles. The highest BCUT2D eigenvalue weighted by Gasteiger charge is 2.09. The zero-order valence-electron chi connectivity index (χ0n) is 13.5. The van der Waals surface area contributed by atoms with Crippen molar-refractivity contribution in [2.24, 2.45) is 5.10 Å². The van der Waals surface area contributed by atoms with Crippen molar-refractivity contribution in [1.82, 2.24) is 10.7 Å². The average molecular weight is 375 g/mol. The fraction of sp³-hybridized carbons (Fsp3) is 0.118. The second-order valence-corrected chi connectivity index (χ2v) is 5.53. The molecule has 0 radical (unpaired) electrons. The van der Waals surface area contributed by atoms with E-state index in [0.717, 1.165) is 0 Å². The molecule has 0 bridgehead atoms. The van der Waals surface area contributed by atoms with Crippen LogP contribution in [0, 0.1) is 10.1 Å². The van der Waals surface area contributed by atoms with Crippen LogP contribution in [0.2, 0.25) is 5.02 Å². The van der Waals surface area contributed by atoms with Gasteiger partial charge in [-0.05, 0) is 29.8 Å². The van der Waals surface area contributed by atoms with Crippen LogP contribution >= 0.6 is 11.6 Å². The van der Waals surface area contributed by atoms with E-state index in [1.165, 1.54) is 30.5 Å². The first-order valence-corrected chi connectivity index (χ1v) is 7.94. The van der Waals surface area contributed by atoms with E-state index in [1.807, 2.05) is 0 Å². The molecule has 26 heavy (non-hydrogen) atoms. The maximum Gasteiger partial charge on any atom is 0.269 e. The van der Waals surface area contributed by atoms with Gasteiger partial charge in [0.25, 0.3) is 11.6 Å². The highest BCUT2D eigenvalue weighted by Crippen LogP contribution is 2.14. The highest BCUT2D eigenvalue weighted by atomic mass is 35.5. The highest BCUT2D eigenvalue weighted by molar-refractivity contribution is 6.33. The van der Waals surface area contributed by atoms with E-state index in [4.69, 9.17) is 11.6 Å². The van der Waals surface area contributed by atoms with E-state index >= 15 is 0 Å². The number of nitrogens with zero attached hydrogens (tertiary/aromatic N) is 2. The van der Waals surface area contributed by atoms with Gasteiger partial charge in [0.15, 0.2) is 0 Å². The summed E-state index contributed by atoms with van der Waals surface area (Å²) < 4.78 is 0. The molecule has 2 amide bonds. The van der Waals surface area contributed by atoms with E-state index in [2.05, 4.69) is 15.8 Å². The molecule has 2 aromatic rings. The van der Waals surface area contributed by atoms with E-state index in [9.17, 15) is 19.7 Å². The molecule has 9 heteroatoms. The van der Waals surface area contributed by atoms with Crippen LogP contribution in [0.3, 0.4) is 0 Å². The lowest BCUT2D eigenvalue weighted by molar-refractivity contribution is -0.384. The molecule has 0 unspecified atom stereocenters. The van der Waals surface area contributed by atoms with Gasteiger partial charge in [-0.15, -0.1) is 0 Å². The summed E-state index contributed by atoms with van der Waals surface area (Å²) in [5.41, 5.74) is 3.22. The van der Waals surface area contributed by atoms with Crippen molar-refractivity contribution in [3.8, 4) is 0 Å². The standard InChI is InChI=1S/C17H15ClN4O4/c18-15-4-2-1-3-14(15)17(24)19-10-9-16(23)21-20-11-12-5-7-13(8-6-12)22(25)26/h1-8,11H,9-10H2,(H,19,24)(H,21,23)/b20-11-. The lowest BCUT2D eigenvalue weighted by Crippen LogP contribution is -2.29. The monoisotopic (exact) mass is 374 g/mol. The number of nitro groups is 1. The fourth-order valence-corrected chi connectivity index (χ4v) is 2.17. The minimum Gasteiger partial charge on any atom is -0.351 e. The Kier molecular flexibility index (Phi) is 6.81. The minimum absolute atomic E-state index is 0.0274. The van der Waals surface area contributed by atoms with E-state index in [0.29, 0.717) is 16.1 Å². The first kappa shape index (κ1) is 19.1. The van der Waals surface area contributed by atoms with Crippen molar-refractivity contribution in [2.45, 2.75) is 6.42 Å². The molecule has 2 aromatic carbocycles. The number of hydrazone groups is 1. The molecule has 0 aliphatic rings. The molecule has 8 nitrogen and oxygen atoms in total. The first-order chi connectivity index (χ1) is 12.5. The maximum absolute atomic E-state index is 11.9. The molecule has 0 aliphatic carbocycles. The van der Waals surface area contributed by atoms with Gasteiger partial charge in [0.2, 0.25) is 5.91 Å². The van der Waals surface area contributed by atoms with E-state index in [-0.39, 0.29) is 30.5 Å². The fourth-order valence-electron chi connectivity index (χ4n) is 1.95. The molecule has 0 saturated heterocycles. The molecule has 0 heterocycles. The molecule has 2 rings (SSSR count). The SMILES string of the molecule is O=C(CCNC(=O)c1ccccc1Cl)N/N=C\c1ccc([N+](=O)[O-])cc1. The smallest absolute Gasteiger partial charge is 0.269 e. The van der Waals surface area contributed by atoms with Gasteiger partial charge in [-0.2, -0.15) is 5.10 Å². The number of nitrogens with one attached hydrogen (secondary N) is 2. The number of halogens is 1. The van der Waals surface area contributed by atoms with Crippen molar-refractivity contribution < 1.29 is 14.5 Å². The summed E-state index contributed by atoms with van der Waals surface area (Å²) in [6.07, 6.45) is 1.40. The number of amides is 2. The topological polar surface area (TPSA) is 114 Å². The van der Waals surface area contributed by atoms with Crippen LogP contribution in [0.15, 0.2) is 53.6 Å². The Morgan fingerprint density at radius 1 is 1.15 bits per heavy atom. The molecule has 2 N–H and O–H groups in total. The Labute approximate surface area is 154 Å². The molecule has 134 valence electrons. The van der Waals surface area contributed by atoms with Crippen LogP contribution in [0.5, 0.6) is 0 Å². The lowest BCUT2D eigenvalue weighted by Gasteiger charge is -2.06. The van der Waals surface area contributed by atoms with Gasteiger partial charge in [0, 0.05) is 25.1 Å². The molecule has 0 saturated carbocycles. The molecule has 0 atom stereocenters. The molecular weight excluding hydrogens is 360 g/mol. The molecule has 0 fully saturated rings. The quantitative estimate of drug-likeness (QED) is 0.440. The largest absolute Gasteiger partial charge is 0.351 e. The van der Waals surface area contributed by atoms with E-state index < -0.39 is 4.92 Å². The number of benzene rings is 2. The number of carbonyl (C=O) groups excluding carboxylic acids is 2. The van der Waals surface area contributed by atoms with Crippen LogP contribution < -0.4 is 10.7 Å². The Morgan fingerprint density at radius 2 is 1.85 bits per heavy atom. The van der Waals surface area contributed by atoms with Gasteiger partial charge >= 0.3 is 0 Å². The summed E-state index contributed by atoms with van der Waals surface area (Å²) in [5, 5.41) is 17.2. The van der Waals surface area contributed by atoms with Gasteiger partial charge in [0.1, 0.15) is 0 Å². The van der Waals surface area contributed by atoms with Crippen molar-refractivity contribution in [3.63, 3.8) is 0 Å². The normalized spacial score (nSPS) is 10.5. The number of rotatable bonds is 7. The number of nitro benzene ring substituents is 1. The second-order valence-electron chi connectivity index (χ2n) is 5.13. The summed E-state index contributed by atoms with van der Waals surface area (Å²) in [6, 6.07) is 12.3. The second kappa shape index (κ2) is 9.28. The summed E-state index contributed by atoms with van der Waals surface area (Å²) >= 11 is 5.92. The van der Waals surface area contributed by atoms with Gasteiger partial charge in [0.05, 0.1) is 21.7 Å². The van der Waals surface area contributed by atoms with Gasteiger partial charge in [-0.3, -0.25) is 19.7 Å². The van der Waals surface area contributed by atoms with Crippen molar-refractivity contribution in [1.29, 1.82) is 0 Å². The lowest BCUT2D eigenvalue weighted by atomic mass is 10.2. The third kappa shape index (κ3) is 5.67. The molecular formula is C17H15ClN4O4. The molecule has 0 aliphatic heterocycles. The number of non-ortho nitro benzene ring substituents is 1. The summed E-state index contributed by atoms with van der Waals surface area (Å²) in [6.45, 7) is 0.128. The summed E-state index contributed by atoms with van der Waals surface area (Å²) in [4.78, 5) is 33.6. The van der Waals surface area contributed by atoms with E-state index in [1.54, 1.807) is 24.3 Å². The Hall–Kier alpha value is -3.26. The minimum atomic E-state index is -0.500. The van der Waals surface area contributed by atoms with Crippen LogP contribution in [0.4, 0.5) is 5.69 Å². The zero-order chi connectivity index (χ0) is 18.9. The summed E-state index contributed by atoms with van der Waals surface area (Å²) in [5.74, 6) is -0.750. The molecule has 0 spiro atoms. The predicted molar refractivity (Wildman–Crippen MR) is 97.2 cm³/mol. The number of carbonyl (C=O) groups is 2. The van der Waals surface area contributed by atoms with Crippen molar-refractivity contribution in [3.05, 3.63) is 74.8 Å². The van der Waals surface area contributed by atoms with Crippen LogP contribution in [0.1, 0.15) is 22.3 Å². The predicted octanol–water partition coefficient (Wildman–Crippen LogP) is 2.52. The maximum atomic E-state index is 11.9. The average Bonchev–Trinajstić information content (AvgIpc) is 2.62. The van der Waals surface area contributed by atoms with Crippen LogP contribution in [-0.2, 0) is 4.79 Å². The number of hydrogen-bond donors (Lipinski definition) is 2. The Bertz CT molecular complexity index is 837. The third-order valence-electron chi connectivity index (χ3n) is 3.26. The first-order valence-electron chi connectivity index (χ1n) is 7.56. The Balaban J connectivity index is 1.74.